The summed E-state index contributed by atoms with van der Waals surface area (Å²) in [7, 11) is 0. The van der Waals surface area contributed by atoms with Crippen LogP contribution in [0.3, 0.4) is 0 Å². The molecular weight excluding hydrogens is 254 g/mol. The first-order chi connectivity index (χ1) is 9.66. The highest BCUT2D eigenvalue weighted by Gasteiger charge is 2.41. The Morgan fingerprint density at radius 3 is 2.70 bits per heavy atom. The van der Waals surface area contributed by atoms with Crippen molar-refractivity contribution in [2.75, 3.05) is 18.0 Å². The van der Waals surface area contributed by atoms with Crippen LogP contribution < -0.4 is 4.90 Å². The zero-order valence-corrected chi connectivity index (χ0v) is 11.9. The molecule has 5 nitrogen and oxygen atoms in total. The zero-order valence-electron chi connectivity index (χ0n) is 11.9. The second kappa shape index (κ2) is 5.04. The quantitative estimate of drug-likeness (QED) is 0.914. The summed E-state index contributed by atoms with van der Waals surface area (Å²) in [6.45, 7) is 3.53. The van der Waals surface area contributed by atoms with Crippen molar-refractivity contribution in [2.45, 2.75) is 44.9 Å². The first kappa shape index (κ1) is 13.3. The molecule has 0 radical (unpaired) electrons. The largest absolute Gasteiger partial charge is 0.481 e. The van der Waals surface area contributed by atoms with Crippen molar-refractivity contribution < 1.29 is 9.90 Å². The SMILES string of the molecule is CCC1(C(=O)O)CCN(c2ncncc2C2CC2)CC1. The maximum Gasteiger partial charge on any atom is 0.309 e. The van der Waals surface area contributed by atoms with Gasteiger partial charge in [0.15, 0.2) is 0 Å². The summed E-state index contributed by atoms with van der Waals surface area (Å²) in [5.74, 6) is 0.992. The minimum absolute atomic E-state index is 0.538. The lowest BCUT2D eigenvalue weighted by Gasteiger charge is -2.39. The maximum absolute atomic E-state index is 11.5. The average Bonchev–Trinajstić information content (AvgIpc) is 3.32. The molecule has 1 aliphatic carbocycles. The van der Waals surface area contributed by atoms with E-state index >= 15 is 0 Å². The zero-order chi connectivity index (χ0) is 14.2. The Balaban J connectivity index is 1.77. The lowest BCUT2D eigenvalue weighted by molar-refractivity contribution is -0.150. The van der Waals surface area contributed by atoms with Crippen LogP contribution in [0, 0.1) is 5.41 Å². The molecule has 2 heterocycles. The smallest absolute Gasteiger partial charge is 0.309 e. The number of carboxylic acid groups (broad SMARTS) is 1. The number of carbonyl (C=O) groups is 1. The fraction of sp³-hybridized carbons (Fsp3) is 0.667. The number of nitrogens with zero attached hydrogens (tertiary/aromatic N) is 3. The molecule has 20 heavy (non-hydrogen) atoms. The number of rotatable bonds is 4. The van der Waals surface area contributed by atoms with Crippen LogP contribution in [0.15, 0.2) is 12.5 Å². The fourth-order valence-corrected chi connectivity index (χ4v) is 3.15. The van der Waals surface area contributed by atoms with E-state index in [9.17, 15) is 9.90 Å². The first-order valence-electron chi connectivity index (χ1n) is 7.44. The summed E-state index contributed by atoms with van der Waals surface area (Å²) in [5.41, 5.74) is 0.704. The van der Waals surface area contributed by atoms with Crippen molar-refractivity contribution in [1.29, 1.82) is 0 Å². The van der Waals surface area contributed by atoms with Crippen LogP contribution >= 0.6 is 0 Å². The molecule has 3 rings (SSSR count). The number of anilines is 1. The van der Waals surface area contributed by atoms with Crippen molar-refractivity contribution in [3.05, 3.63) is 18.1 Å². The third kappa shape index (κ3) is 2.25. The van der Waals surface area contributed by atoms with Crippen molar-refractivity contribution in [1.82, 2.24) is 9.97 Å². The van der Waals surface area contributed by atoms with Crippen LogP contribution in [0.1, 0.15) is 50.5 Å². The van der Waals surface area contributed by atoms with Crippen LogP contribution in [-0.4, -0.2) is 34.1 Å². The number of aromatic nitrogens is 2. The Bertz CT molecular complexity index is 506. The second-order valence-electron chi connectivity index (χ2n) is 6.00. The second-order valence-corrected chi connectivity index (χ2v) is 6.00. The van der Waals surface area contributed by atoms with Gasteiger partial charge in [-0.2, -0.15) is 0 Å². The van der Waals surface area contributed by atoms with E-state index in [-0.39, 0.29) is 0 Å². The molecule has 1 aromatic rings. The molecule has 0 bridgehead atoms. The van der Waals surface area contributed by atoms with Crippen molar-refractivity contribution in [3.63, 3.8) is 0 Å². The van der Waals surface area contributed by atoms with Gasteiger partial charge in [0.1, 0.15) is 12.1 Å². The van der Waals surface area contributed by atoms with E-state index < -0.39 is 11.4 Å². The highest BCUT2D eigenvalue weighted by molar-refractivity contribution is 5.75. The monoisotopic (exact) mass is 275 g/mol. The summed E-state index contributed by atoms with van der Waals surface area (Å²) in [4.78, 5) is 22.3. The lowest BCUT2D eigenvalue weighted by atomic mass is 9.76. The third-order valence-electron chi connectivity index (χ3n) is 4.89. The molecule has 2 aliphatic rings. The molecule has 1 saturated carbocycles. The summed E-state index contributed by atoms with van der Waals surface area (Å²) in [6, 6.07) is 0. The molecular formula is C15H21N3O2. The van der Waals surface area contributed by atoms with Crippen LogP contribution in [0.5, 0.6) is 0 Å². The highest BCUT2D eigenvalue weighted by Crippen LogP contribution is 2.44. The Labute approximate surface area is 119 Å². The van der Waals surface area contributed by atoms with Gasteiger partial charge in [-0.3, -0.25) is 4.79 Å². The normalized spacial score (nSPS) is 21.8. The Morgan fingerprint density at radius 2 is 2.15 bits per heavy atom. The molecule has 5 heteroatoms. The van der Waals surface area contributed by atoms with Gasteiger partial charge in [-0.1, -0.05) is 6.92 Å². The molecule has 0 amide bonds. The van der Waals surface area contributed by atoms with E-state index in [0.29, 0.717) is 25.2 Å². The molecule has 1 N–H and O–H groups in total. The molecule has 1 aromatic heterocycles. The van der Waals surface area contributed by atoms with Gasteiger partial charge in [0, 0.05) is 24.8 Å². The average molecular weight is 275 g/mol. The first-order valence-corrected chi connectivity index (χ1v) is 7.44. The van der Waals surface area contributed by atoms with E-state index in [2.05, 4.69) is 14.9 Å². The van der Waals surface area contributed by atoms with Gasteiger partial charge in [-0.15, -0.1) is 0 Å². The standard InChI is InChI=1S/C15H21N3O2/c1-2-15(14(19)20)5-7-18(8-6-15)13-12(11-3-4-11)9-16-10-17-13/h9-11H,2-8H2,1H3,(H,19,20). The summed E-state index contributed by atoms with van der Waals surface area (Å²) >= 11 is 0. The minimum atomic E-state index is -0.648. The van der Waals surface area contributed by atoms with Gasteiger partial charge >= 0.3 is 5.97 Å². The number of hydrogen-bond donors (Lipinski definition) is 1. The van der Waals surface area contributed by atoms with Crippen LogP contribution in [0.2, 0.25) is 0 Å². The molecule has 1 saturated heterocycles. The van der Waals surface area contributed by atoms with E-state index in [1.807, 2.05) is 13.1 Å². The van der Waals surface area contributed by atoms with E-state index in [4.69, 9.17) is 0 Å². The van der Waals surface area contributed by atoms with E-state index in [1.54, 1.807) is 6.33 Å². The van der Waals surface area contributed by atoms with Gasteiger partial charge in [0.2, 0.25) is 0 Å². The molecule has 0 spiro atoms. The van der Waals surface area contributed by atoms with Gasteiger partial charge in [-0.05, 0) is 38.0 Å². The predicted molar refractivity (Wildman–Crippen MR) is 75.8 cm³/mol. The number of hydrogen-bond acceptors (Lipinski definition) is 4. The molecule has 0 unspecified atom stereocenters. The summed E-state index contributed by atoms with van der Waals surface area (Å²) in [6.07, 6.45) is 8.08. The molecule has 0 aromatic carbocycles. The molecule has 1 aliphatic heterocycles. The fourth-order valence-electron chi connectivity index (χ4n) is 3.15. The summed E-state index contributed by atoms with van der Waals surface area (Å²) < 4.78 is 0. The third-order valence-corrected chi connectivity index (χ3v) is 4.89. The van der Waals surface area contributed by atoms with Crippen molar-refractivity contribution in [2.24, 2.45) is 5.41 Å². The molecule has 108 valence electrons. The van der Waals surface area contributed by atoms with Gasteiger partial charge < -0.3 is 10.0 Å². The van der Waals surface area contributed by atoms with Gasteiger partial charge in [0.25, 0.3) is 0 Å². The van der Waals surface area contributed by atoms with Gasteiger partial charge in [0.05, 0.1) is 5.41 Å². The molecule has 0 atom stereocenters. The maximum atomic E-state index is 11.5. The van der Waals surface area contributed by atoms with Crippen molar-refractivity contribution >= 4 is 11.8 Å². The lowest BCUT2D eigenvalue weighted by Crippen LogP contribution is -2.44. The van der Waals surface area contributed by atoms with E-state index in [1.165, 1.54) is 18.4 Å². The van der Waals surface area contributed by atoms with Crippen LogP contribution in [0.4, 0.5) is 5.82 Å². The summed E-state index contributed by atoms with van der Waals surface area (Å²) in [5, 5.41) is 9.45. The predicted octanol–water partition coefficient (Wildman–Crippen LogP) is 2.44. The number of piperidine rings is 1. The molecule has 2 fully saturated rings. The Hall–Kier alpha value is -1.65. The van der Waals surface area contributed by atoms with Crippen molar-refractivity contribution in [3.8, 4) is 0 Å². The highest BCUT2D eigenvalue weighted by atomic mass is 16.4. The van der Waals surface area contributed by atoms with E-state index in [0.717, 1.165) is 18.9 Å². The topological polar surface area (TPSA) is 66.3 Å². The van der Waals surface area contributed by atoms with Crippen LogP contribution in [0.25, 0.3) is 0 Å². The Kier molecular flexibility index (Phi) is 3.36. The van der Waals surface area contributed by atoms with Crippen LogP contribution in [-0.2, 0) is 4.79 Å². The number of carboxylic acids is 1. The minimum Gasteiger partial charge on any atom is -0.481 e. The van der Waals surface area contributed by atoms with Gasteiger partial charge in [-0.25, -0.2) is 9.97 Å². The Morgan fingerprint density at radius 1 is 1.45 bits per heavy atom. The number of aliphatic carboxylic acids is 1.